The molecule has 1 saturated heterocycles. The van der Waals surface area contributed by atoms with E-state index in [-0.39, 0.29) is 5.91 Å². The summed E-state index contributed by atoms with van der Waals surface area (Å²) in [5, 5.41) is 4.76. The van der Waals surface area contributed by atoms with Crippen LogP contribution in [0.25, 0.3) is 0 Å². The summed E-state index contributed by atoms with van der Waals surface area (Å²) in [6.07, 6.45) is 4.50. The van der Waals surface area contributed by atoms with E-state index in [9.17, 15) is 4.79 Å². The van der Waals surface area contributed by atoms with Gasteiger partial charge >= 0.3 is 0 Å². The van der Waals surface area contributed by atoms with Crippen molar-refractivity contribution in [3.63, 3.8) is 0 Å². The molecule has 0 spiro atoms. The Morgan fingerprint density at radius 2 is 1.97 bits per heavy atom. The van der Waals surface area contributed by atoms with Crippen molar-refractivity contribution in [1.29, 1.82) is 0 Å². The molecule has 0 unspecified atom stereocenters. The van der Waals surface area contributed by atoms with Crippen molar-refractivity contribution in [3.05, 3.63) is 46.5 Å². The predicted octanol–water partition coefficient (Wildman–Crippen LogP) is 1.98. The van der Waals surface area contributed by atoms with Crippen LogP contribution < -0.4 is 10.6 Å². The number of carbonyl (C=O) groups is 1. The van der Waals surface area contributed by atoms with Gasteiger partial charge < -0.3 is 15.2 Å². The number of hydrogen-bond acceptors (Lipinski definition) is 3. The van der Waals surface area contributed by atoms with Gasteiger partial charge in [-0.05, 0) is 48.9 Å². The molecule has 0 saturated carbocycles. The first-order valence-electron chi connectivity index (χ1n) is 10.7. The van der Waals surface area contributed by atoms with Crippen LogP contribution in [0.15, 0.2) is 30.3 Å². The average Bonchev–Trinajstić information content (AvgIpc) is 2.97. The van der Waals surface area contributed by atoms with Crippen LogP contribution in [-0.4, -0.2) is 33.3 Å². The third-order valence-corrected chi connectivity index (χ3v) is 6.13. The summed E-state index contributed by atoms with van der Waals surface area (Å²) >= 11 is 5.72. The minimum absolute atomic E-state index is 0.298. The number of quaternary nitrogens is 1. The van der Waals surface area contributed by atoms with Crippen molar-refractivity contribution < 1.29 is 9.69 Å². The largest absolute Gasteiger partial charge is 0.370 e. The fourth-order valence-electron chi connectivity index (χ4n) is 4.16. The fourth-order valence-corrected chi connectivity index (χ4v) is 4.45. The van der Waals surface area contributed by atoms with Crippen molar-refractivity contribution in [2.24, 2.45) is 17.6 Å². The maximum Gasteiger partial charge on any atom is 0.217 e. The highest BCUT2D eigenvalue weighted by atomic mass is 32.1. The number of hydrogen-bond donors (Lipinski definition) is 2. The molecule has 7 heteroatoms. The Morgan fingerprint density at radius 1 is 1.28 bits per heavy atom. The number of likely N-dealkylation sites (tertiary alicyclic amines) is 1. The highest BCUT2D eigenvalue weighted by Crippen LogP contribution is 2.16. The summed E-state index contributed by atoms with van der Waals surface area (Å²) in [6, 6.07) is 10.8. The molecule has 2 heterocycles. The van der Waals surface area contributed by atoms with Crippen molar-refractivity contribution in [2.75, 3.05) is 13.1 Å². The van der Waals surface area contributed by atoms with E-state index in [0.717, 1.165) is 42.8 Å². The molecule has 1 aromatic carbocycles. The fraction of sp³-hybridized carbons (Fsp3) is 0.591. The number of carbonyl (C=O) groups excluding carboxylic acids is 1. The Labute approximate surface area is 178 Å². The molecule has 0 radical (unpaired) electrons. The molecule has 2 aromatic rings. The SMILES string of the molecule is CC(C)Cn1c(CCC(N)=O)nn(C[NH+]2CCC(Cc3ccccc3)CC2)c1=S. The first-order valence-corrected chi connectivity index (χ1v) is 11.2. The molecule has 0 bridgehead atoms. The number of amides is 1. The van der Waals surface area contributed by atoms with Gasteiger partial charge in [0.2, 0.25) is 10.7 Å². The molecule has 3 N–H and O–H groups in total. The Morgan fingerprint density at radius 3 is 2.59 bits per heavy atom. The summed E-state index contributed by atoms with van der Waals surface area (Å²) in [7, 11) is 0. The van der Waals surface area contributed by atoms with Gasteiger partial charge in [0.1, 0.15) is 5.82 Å². The normalized spacial score (nSPS) is 19.6. The number of rotatable bonds is 9. The number of aryl methyl sites for hydroxylation is 1. The van der Waals surface area contributed by atoms with Gasteiger partial charge in [-0.2, -0.15) is 9.78 Å². The number of benzene rings is 1. The summed E-state index contributed by atoms with van der Waals surface area (Å²) in [5.41, 5.74) is 6.78. The van der Waals surface area contributed by atoms with Gasteiger partial charge in [0.05, 0.1) is 13.1 Å². The van der Waals surface area contributed by atoms with Crippen LogP contribution in [0.5, 0.6) is 0 Å². The average molecular weight is 417 g/mol. The molecule has 3 rings (SSSR count). The van der Waals surface area contributed by atoms with Gasteiger partial charge in [-0.25, -0.2) is 0 Å². The minimum Gasteiger partial charge on any atom is -0.370 e. The van der Waals surface area contributed by atoms with Crippen LogP contribution in [0, 0.1) is 16.6 Å². The Hall–Kier alpha value is -1.99. The van der Waals surface area contributed by atoms with Crippen molar-refractivity contribution in [2.45, 2.75) is 59.2 Å². The second-order valence-electron chi connectivity index (χ2n) is 8.71. The lowest BCUT2D eigenvalue weighted by molar-refractivity contribution is -0.929. The molecular formula is C22H34N5OS+. The topological polar surface area (TPSA) is 70.3 Å². The highest BCUT2D eigenvalue weighted by molar-refractivity contribution is 7.71. The lowest BCUT2D eigenvalue weighted by Crippen LogP contribution is -3.12. The summed E-state index contributed by atoms with van der Waals surface area (Å²) < 4.78 is 4.81. The van der Waals surface area contributed by atoms with E-state index >= 15 is 0 Å². The smallest absolute Gasteiger partial charge is 0.217 e. The molecule has 0 atom stereocenters. The van der Waals surface area contributed by atoms with Crippen molar-refractivity contribution in [3.8, 4) is 0 Å². The van der Waals surface area contributed by atoms with E-state index in [1.807, 2.05) is 4.68 Å². The van der Waals surface area contributed by atoms with Crippen molar-refractivity contribution in [1.82, 2.24) is 14.3 Å². The summed E-state index contributed by atoms with van der Waals surface area (Å²) in [4.78, 5) is 12.8. The monoisotopic (exact) mass is 416 g/mol. The Bertz CT molecular complexity index is 850. The van der Waals surface area contributed by atoms with E-state index < -0.39 is 0 Å². The number of nitrogens with two attached hydrogens (primary N) is 1. The molecule has 1 fully saturated rings. The molecule has 1 aliphatic heterocycles. The van der Waals surface area contributed by atoms with Crippen LogP contribution in [0.3, 0.4) is 0 Å². The number of nitrogens with one attached hydrogen (secondary N) is 1. The summed E-state index contributed by atoms with van der Waals surface area (Å²) in [6.45, 7) is 8.24. The summed E-state index contributed by atoms with van der Waals surface area (Å²) in [5.74, 6) is 1.81. The molecule has 0 aliphatic carbocycles. The van der Waals surface area contributed by atoms with E-state index in [0.29, 0.717) is 18.8 Å². The molecule has 1 aromatic heterocycles. The molecule has 1 amide bonds. The molecular weight excluding hydrogens is 382 g/mol. The van der Waals surface area contributed by atoms with E-state index in [2.05, 4.69) is 48.7 Å². The number of nitrogens with zero attached hydrogens (tertiary/aromatic N) is 3. The maximum atomic E-state index is 11.2. The third-order valence-electron chi connectivity index (χ3n) is 5.70. The van der Waals surface area contributed by atoms with Crippen LogP contribution >= 0.6 is 12.2 Å². The molecule has 1 aliphatic rings. The van der Waals surface area contributed by atoms with Gasteiger partial charge in [0, 0.05) is 19.4 Å². The number of primary amides is 1. The molecule has 6 nitrogen and oxygen atoms in total. The highest BCUT2D eigenvalue weighted by Gasteiger charge is 2.24. The van der Waals surface area contributed by atoms with Crippen LogP contribution in [0.1, 0.15) is 44.5 Å². The number of aromatic nitrogens is 3. The lowest BCUT2D eigenvalue weighted by atomic mass is 9.90. The second-order valence-corrected chi connectivity index (χ2v) is 9.08. The van der Waals surface area contributed by atoms with Crippen molar-refractivity contribution >= 4 is 18.1 Å². The number of piperidine rings is 1. The Balaban J connectivity index is 1.61. The van der Waals surface area contributed by atoms with Gasteiger partial charge in [-0.3, -0.25) is 4.79 Å². The zero-order valence-electron chi connectivity index (χ0n) is 17.6. The van der Waals surface area contributed by atoms with Crippen LogP contribution in [0.4, 0.5) is 0 Å². The van der Waals surface area contributed by atoms with Gasteiger partial charge in [-0.15, -0.1) is 0 Å². The molecule has 29 heavy (non-hydrogen) atoms. The minimum atomic E-state index is -0.298. The van der Waals surface area contributed by atoms with Crippen LogP contribution in [-0.2, 0) is 30.8 Å². The zero-order chi connectivity index (χ0) is 20.8. The first-order chi connectivity index (χ1) is 13.9. The predicted molar refractivity (Wildman–Crippen MR) is 117 cm³/mol. The zero-order valence-corrected chi connectivity index (χ0v) is 18.5. The third kappa shape index (κ3) is 6.24. The Kier molecular flexibility index (Phi) is 7.61. The van der Waals surface area contributed by atoms with Gasteiger partial charge in [-0.1, -0.05) is 44.2 Å². The van der Waals surface area contributed by atoms with E-state index in [1.54, 1.807) is 0 Å². The van der Waals surface area contributed by atoms with E-state index in [4.69, 9.17) is 23.1 Å². The van der Waals surface area contributed by atoms with E-state index in [1.165, 1.54) is 29.7 Å². The maximum absolute atomic E-state index is 11.2. The quantitative estimate of drug-likeness (QED) is 0.614. The van der Waals surface area contributed by atoms with Gasteiger partial charge in [0.15, 0.2) is 6.67 Å². The molecule has 158 valence electrons. The second kappa shape index (κ2) is 10.2. The standard InChI is InChI=1S/C22H33N5OS/c1-17(2)15-26-21(9-8-20(23)28)24-27(22(26)29)16-25-12-10-19(11-13-25)14-18-6-4-3-5-7-18/h3-7,17,19H,8-16H2,1-2H3,(H2,23,28)/p+1. The first kappa shape index (κ1) is 21.7. The van der Waals surface area contributed by atoms with Crippen LogP contribution in [0.2, 0.25) is 0 Å². The van der Waals surface area contributed by atoms with Gasteiger partial charge in [0.25, 0.3) is 0 Å². The lowest BCUT2D eigenvalue weighted by Gasteiger charge is -2.29.